The van der Waals surface area contributed by atoms with Crippen LogP contribution >= 0.6 is 0 Å². The number of aryl methyl sites for hydroxylation is 1. The molecule has 3 fully saturated rings. The van der Waals surface area contributed by atoms with Crippen LogP contribution in [0.4, 0.5) is 19.0 Å². The minimum atomic E-state index is -4.22. The Bertz CT molecular complexity index is 1770. The average molecular weight is 585 g/mol. The van der Waals surface area contributed by atoms with Crippen LogP contribution in [0.25, 0.3) is 22.3 Å². The number of halogens is 3. The maximum atomic E-state index is 15.3. The second-order valence-electron chi connectivity index (χ2n) is 10.7. The summed E-state index contributed by atoms with van der Waals surface area (Å²) >= 11 is 0. The third-order valence-corrected chi connectivity index (χ3v) is 10.0. The second kappa shape index (κ2) is 10.2. The largest absolute Gasteiger partial charge is 0.469 e. The molecule has 3 aromatic heterocycles. The molecule has 0 saturated heterocycles. The quantitative estimate of drug-likeness (QED) is 0.301. The summed E-state index contributed by atoms with van der Waals surface area (Å²) in [6.07, 6.45) is 5.39. The molecule has 8 nitrogen and oxygen atoms in total. The topological polar surface area (TPSA) is 103 Å². The van der Waals surface area contributed by atoms with Crippen molar-refractivity contribution >= 4 is 32.8 Å². The van der Waals surface area contributed by atoms with Crippen LogP contribution in [0.1, 0.15) is 31.2 Å². The third kappa shape index (κ3) is 4.63. The zero-order chi connectivity index (χ0) is 29.1. The molecule has 1 unspecified atom stereocenters. The van der Waals surface area contributed by atoms with E-state index in [0.717, 1.165) is 53.7 Å². The average Bonchev–Trinajstić information content (AvgIpc) is 3.34. The lowest BCUT2D eigenvalue weighted by Gasteiger charge is -2.47. The van der Waals surface area contributed by atoms with Gasteiger partial charge in [-0.2, -0.15) is 0 Å². The van der Waals surface area contributed by atoms with Crippen molar-refractivity contribution in [2.75, 3.05) is 12.4 Å². The molecule has 0 radical (unpaired) electrons. The van der Waals surface area contributed by atoms with Crippen LogP contribution < -0.4 is 5.32 Å². The van der Waals surface area contributed by atoms with Crippen molar-refractivity contribution in [3.8, 4) is 11.3 Å². The Balaban J connectivity index is 1.47. The standard InChI is InChI=1S/C29H27F3N4O4S/c1-15-3-9-19(10-4-15)41(38,39)36-14-21(20-11-18(30)13-33-28(20)36)26-22(31)12-23(32)27(35-26)34-25-17-7-5-16(6-8-17)24(25)29(37)40-2/h3-4,9-14,16-17,24-25H,5-8H2,1-2H3,(H,34,35)/t16?,17?,24-,25?/m1/s1. The number of fused-ring (bicyclic) bond motifs is 4. The molecule has 1 aromatic carbocycles. The Hall–Kier alpha value is -3.93. The van der Waals surface area contributed by atoms with E-state index in [1.165, 1.54) is 19.2 Å². The van der Waals surface area contributed by atoms with Gasteiger partial charge in [-0.05, 0) is 62.6 Å². The van der Waals surface area contributed by atoms with Gasteiger partial charge in [-0.3, -0.25) is 4.79 Å². The zero-order valence-electron chi connectivity index (χ0n) is 22.3. The molecular formula is C29H27F3N4O4S. The fourth-order valence-corrected chi connectivity index (χ4v) is 7.62. The molecule has 0 aliphatic heterocycles. The highest BCUT2D eigenvalue weighted by Crippen LogP contribution is 2.47. The number of aromatic nitrogens is 3. The summed E-state index contributed by atoms with van der Waals surface area (Å²) in [5.74, 6) is -3.88. The first-order valence-corrected chi connectivity index (χ1v) is 14.7. The van der Waals surface area contributed by atoms with Gasteiger partial charge in [0.05, 0.1) is 24.1 Å². The van der Waals surface area contributed by atoms with Crippen molar-refractivity contribution in [3.63, 3.8) is 0 Å². The first-order chi connectivity index (χ1) is 19.6. The molecule has 2 bridgehead atoms. The number of nitrogens with zero attached hydrogens (tertiary/aromatic N) is 3. The minimum absolute atomic E-state index is 0.0196. The SMILES string of the molecule is COC(=O)[C@@H]1C2CCC(CC2)C1Nc1nc(-c2cn(S(=O)(=O)c3ccc(C)cc3)c3ncc(F)cc23)c(F)cc1F. The lowest BCUT2D eigenvalue weighted by Crippen LogP contribution is -2.52. The molecule has 41 heavy (non-hydrogen) atoms. The predicted octanol–water partition coefficient (Wildman–Crippen LogP) is 5.45. The van der Waals surface area contributed by atoms with Gasteiger partial charge in [0.1, 0.15) is 11.5 Å². The number of hydrogen-bond acceptors (Lipinski definition) is 7. The number of carbonyl (C=O) groups excluding carboxylic acids is 1. The molecule has 214 valence electrons. The summed E-state index contributed by atoms with van der Waals surface area (Å²) < 4.78 is 77.8. The highest BCUT2D eigenvalue weighted by atomic mass is 32.2. The summed E-state index contributed by atoms with van der Waals surface area (Å²) in [6.45, 7) is 1.81. The van der Waals surface area contributed by atoms with E-state index in [0.29, 0.717) is 6.07 Å². The highest BCUT2D eigenvalue weighted by Gasteiger charge is 2.48. The summed E-state index contributed by atoms with van der Waals surface area (Å²) in [5, 5.41) is 3.02. The monoisotopic (exact) mass is 584 g/mol. The molecular weight excluding hydrogens is 557 g/mol. The number of anilines is 1. The lowest BCUT2D eigenvalue weighted by molar-refractivity contribution is -0.152. The number of pyridine rings is 2. The number of nitrogens with one attached hydrogen (secondary N) is 1. The fraction of sp³-hybridized carbons (Fsp3) is 0.345. The molecule has 3 aliphatic rings. The van der Waals surface area contributed by atoms with Crippen molar-refractivity contribution < 1.29 is 31.1 Å². The van der Waals surface area contributed by atoms with E-state index < -0.39 is 45.4 Å². The van der Waals surface area contributed by atoms with Gasteiger partial charge in [-0.25, -0.2) is 35.5 Å². The van der Waals surface area contributed by atoms with E-state index in [1.54, 1.807) is 12.1 Å². The Labute approximate surface area is 234 Å². The number of esters is 1. The van der Waals surface area contributed by atoms with Crippen LogP contribution in [-0.2, 0) is 19.6 Å². The number of methoxy groups -OCH3 is 1. The van der Waals surface area contributed by atoms with Crippen LogP contribution in [-0.4, -0.2) is 41.5 Å². The molecule has 4 aromatic rings. The Morgan fingerprint density at radius 1 is 1.02 bits per heavy atom. The van der Waals surface area contributed by atoms with Crippen molar-refractivity contribution in [1.29, 1.82) is 0 Å². The van der Waals surface area contributed by atoms with Crippen LogP contribution in [0.2, 0.25) is 0 Å². The molecule has 2 atom stereocenters. The highest BCUT2D eigenvalue weighted by molar-refractivity contribution is 7.90. The van der Waals surface area contributed by atoms with Crippen LogP contribution in [0.15, 0.2) is 53.7 Å². The summed E-state index contributed by atoms with van der Waals surface area (Å²) in [4.78, 5) is 20.8. The van der Waals surface area contributed by atoms with E-state index in [9.17, 15) is 17.6 Å². The first kappa shape index (κ1) is 27.3. The molecule has 3 saturated carbocycles. The Morgan fingerprint density at radius 2 is 1.71 bits per heavy atom. The minimum Gasteiger partial charge on any atom is -0.469 e. The van der Waals surface area contributed by atoms with Crippen molar-refractivity contribution in [3.05, 3.63) is 71.8 Å². The van der Waals surface area contributed by atoms with Crippen LogP contribution in [0.3, 0.4) is 0 Å². The van der Waals surface area contributed by atoms with Crippen molar-refractivity contribution in [1.82, 2.24) is 13.9 Å². The van der Waals surface area contributed by atoms with Gasteiger partial charge in [0, 0.05) is 29.3 Å². The smallest absolute Gasteiger partial charge is 0.311 e. The molecule has 3 heterocycles. The van der Waals surface area contributed by atoms with E-state index in [2.05, 4.69) is 15.3 Å². The third-order valence-electron chi connectivity index (χ3n) is 8.34. The summed E-state index contributed by atoms with van der Waals surface area (Å²) in [5.41, 5.74) is 0.232. The Kier molecular flexibility index (Phi) is 6.75. The van der Waals surface area contributed by atoms with Crippen LogP contribution in [0.5, 0.6) is 0 Å². The summed E-state index contributed by atoms with van der Waals surface area (Å²) in [6, 6.07) is 7.31. The second-order valence-corrected chi connectivity index (χ2v) is 12.5. The van der Waals surface area contributed by atoms with Gasteiger partial charge >= 0.3 is 5.97 Å². The van der Waals surface area contributed by atoms with Gasteiger partial charge in [0.2, 0.25) is 0 Å². The molecule has 3 aliphatic carbocycles. The normalized spacial score (nSPS) is 22.2. The Morgan fingerprint density at radius 3 is 2.39 bits per heavy atom. The van der Waals surface area contributed by atoms with Gasteiger partial charge in [0.25, 0.3) is 10.0 Å². The predicted molar refractivity (Wildman–Crippen MR) is 145 cm³/mol. The maximum absolute atomic E-state index is 15.3. The van der Waals surface area contributed by atoms with E-state index in [-0.39, 0.29) is 44.8 Å². The summed E-state index contributed by atoms with van der Waals surface area (Å²) in [7, 11) is -2.91. The molecule has 12 heteroatoms. The number of hydrogen-bond donors (Lipinski definition) is 1. The van der Waals surface area contributed by atoms with E-state index in [4.69, 9.17) is 4.74 Å². The zero-order valence-corrected chi connectivity index (χ0v) is 23.1. The van der Waals surface area contributed by atoms with Crippen molar-refractivity contribution in [2.45, 2.75) is 43.5 Å². The van der Waals surface area contributed by atoms with Crippen molar-refractivity contribution in [2.24, 2.45) is 17.8 Å². The van der Waals surface area contributed by atoms with Gasteiger partial charge in [-0.1, -0.05) is 17.7 Å². The lowest BCUT2D eigenvalue weighted by atomic mass is 9.61. The van der Waals surface area contributed by atoms with E-state index >= 15 is 8.78 Å². The van der Waals surface area contributed by atoms with E-state index in [1.807, 2.05) is 6.92 Å². The number of carbonyl (C=O) groups is 1. The number of benzene rings is 1. The number of rotatable bonds is 6. The van der Waals surface area contributed by atoms with Gasteiger partial charge in [0.15, 0.2) is 23.1 Å². The van der Waals surface area contributed by atoms with Crippen LogP contribution in [0, 0.1) is 42.1 Å². The molecule has 7 rings (SSSR count). The van der Waals surface area contributed by atoms with Gasteiger partial charge in [-0.15, -0.1) is 0 Å². The number of ether oxygens (including phenoxy) is 1. The fourth-order valence-electron chi connectivity index (χ4n) is 6.30. The molecule has 0 amide bonds. The first-order valence-electron chi connectivity index (χ1n) is 13.3. The maximum Gasteiger partial charge on any atom is 0.311 e. The van der Waals surface area contributed by atoms with Gasteiger partial charge < -0.3 is 10.1 Å². The molecule has 0 spiro atoms. The molecule has 1 N–H and O–H groups in total.